The molecule has 6 nitrogen and oxygen atoms in total. The Morgan fingerprint density at radius 1 is 1.11 bits per heavy atom. The number of cyclic esters (lactones) is 1. The molecule has 0 aliphatic carbocycles. The Labute approximate surface area is 219 Å². The molecule has 2 aromatic carbocycles. The Morgan fingerprint density at radius 3 is 2.43 bits per heavy atom. The first-order valence-corrected chi connectivity index (χ1v) is 12.5. The maximum atomic E-state index is 13.8. The maximum Gasteiger partial charge on any atom is 0.341 e. The van der Waals surface area contributed by atoms with Crippen LogP contribution in [0.1, 0.15) is 43.7 Å². The Kier molecular flexibility index (Phi) is 10.0. The van der Waals surface area contributed by atoms with E-state index in [1.165, 1.54) is 0 Å². The van der Waals surface area contributed by atoms with Gasteiger partial charge < -0.3 is 14.2 Å². The van der Waals surface area contributed by atoms with Gasteiger partial charge >= 0.3 is 5.97 Å². The Balaban J connectivity index is 2.14. The summed E-state index contributed by atoms with van der Waals surface area (Å²) in [5, 5.41) is 0. The lowest BCUT2D eigenvalue weighted by atomic mass is 9.76. The van der Waals surface area contributed by atoms with Crippen LogP contribution in [0.25, 0.3) is 0 Å². The van der Waals surface area contributed by atoms with Crippen LogP contribution < -0.4 is 9.47 Å². The van der Waals surface area contributed by atoms with E-state index in [1.54, 1.807) is 44.6 Å². The summed E-state index contributed by atoms with van der Waals surface area (Å²) in [6, 6.07) is 15.1. The maximum absolute atomic E-state index is 13.8. The average molecular weight is 502 g/mol. The van der Waals surface area contributed by atoms with Gasteiger partial charge in [0.05, 0.1) is 14.2 Å². The number of unbranched alkanes of at least 4 members (excludes halogenated alkanes) is 1. The smallest absolute Gasteiger partial charge is 0.341 e. The van der Waals surface area contributed by atoms with E-state index in [0.717, 1.165) is 18.4 Å². The lowest BCUT2D eigenvalue weighted by molar-refractivity contribution is -0.140. The number of allylic oxidation sites excluding steroid dienone is 4. The fraction of sp³-hybridized carbons (Fsp3) is 0.323. The van der Waals surface area contributed by atoms with Crippen molar-refractivity contribution in [3.8, 4) is 11.5 Å². The third-order valence-corrected chi connectivity index (χ3v) is 6.38. The van der Waals surface area contributed by atoms with Gasteiger partial charge in [-0.05, 0) is 50.0 Å². The molecule has 194 valence electrons. The number of nitrogens with zero attached hydrogens (tertiary/aromatic N) is 1. The van der Waals surface area contributed by atoms with Crippen molar-refractivity contribution in [3.05, 3.63) is 96.6 Å². The van der Waals surface area contributed by atoms with Gasteiger partial charge in [0.1, 0.15) is 17.1 Å². The van der Waals surface area contributed by atoms with Crippen LogP contribution >= 0.6 is 0 Å². The second kappa shape index (κ2) is 13.4. The largest absolute Gasteiger partial charge is 0.496 e. The summed E-state index contributed by atoms with van der Waals surface area (Å²) in [6.07, 6.45) is 11.8. The molecule has 3 rings (SSSR count). The van der Waals surface area contributed by atoms with Crippen molar-refractivity contribution in [2.24, 2.45) is 10.9 Å². The molecule has 0 unspecified atom stereocenters. The molecule has 1 heterocycles. The Morgan fingerprint density at radius 2 is 1.81 bits per heavy atom. The fourth-order valence-corrected chi connectivity index (χ4v) is 4.56. The number of ketones is 1. The SMILES string of the molecule is C=CCCC[C@H](/C=C/CC(=O)/C=C/C)[C@@]1(Cc2ccccc2)N=C(c2c(OC)cccc2OC)OC1=O. The number of carbonyl (C=O) groups excluding carboxylic acids is 2. The van der Waals surface area contributed by atoms with Crippen LogP contribution in [0, 0.1) is 5.92 Å². The molecule has 0 radical (unpaired) electrons. The molecule has 6 heteroatoms. The molecule has 0 bridgehead atoms. The number of methoxy groups -OCH3 is 2. The molecule has 2 atom stereocenters. The molecule has 1 aliphatic heterocycles. The highest BCUT2D eigenvalue weighted by Gasteiger charge is 2.51. The summed E-state index contributed by atoms with van der Waals surface area (Å²) in [5.41, 5.74) is 0.237. The van der Waals surface area contributed by atoms with E-state index in [-0.39, 0.29) is 24.0 Å². The van der Waals surface area contributed by atoms with Gasteiger partial charge in [0.15, 0.2) is 11.3 Å². The van der Waals surface area contributed by atoms with Gasteiger partial charge in [0.2, 0.25) is 5.90 Å². The minimum atomic E-state index is -1.22. The third-order valence-electron chi connectivity index (χ3n) is 6.38. The molecule has 0 saturated heterocycles. The van der Waals surface area contributed by atoms with E-state index in [2.05, 4.69) is 6.58 Å². The molecular formula is C31H35NO5. The van der Waals surface area contributed by atoms with Gasteiger partial charge in [-0.3, -0.25) is 4.79 Å². The topological polar surface area (TPSA) is 74.2 Å². The zero-order valence-corrected chi connectivity index (χ0v) is 21.8. The van der Waals surface area contributed by atoms with Crippen LogP contribution in [-0.2, 0) is 20.7 Å². The van der Waals surface area contributed by atoms with Crippen molar-refractivity contribution >= 4 is 17.7 Å². The predicted octanol–water partition coefficient (Wildman–Crippen LogP) is 6.05. The minimum Gasteiger partial charge on any atom is -0.496 e. The first-order valence-electron chi connectivity index (χ1n) is 12.5. The monoisotopic (exact) mass is 501 g/mol. The minimum absolute atomic E-state index is 0.00218. The first-order chi connectivity index (χ1) is 18.0. The summed E-state index contributed by atoms with van der Waals surface area (Å²) < 4.78 is 17.0. The third kappa shape index (κ3) is 6.64. The van der Waals surface area contributed by atoms with Gasteiger partial charge in [-0.1, -0.05) is 60.7 Å². The van der Waals surface area contributed by atoms with Gasteiger partial charge in [-0.25, -0.2) is 9.79 Å². The number of rotatable bonds is 14. The number of esters is 1. The molecular weight excluding hydrogens is 466 g/mol. The predicted molar refractivity (Wildman–Crippen MR) is 146 cm³/mol. The summed E-state index contributed by atoms with van der Waals surface area (Å²) in [6.45, 7) is 5.64. The number of hydrogen-bond donors (Lipinski definition) is 0. The average Bonchev–Trinajstić information content (AvgIpc) is 3.24. The molecule has 37 heavy (non-hydrogen) atoms. The number of carbonyl (C=O) groups is 2. The second-order valence-corrected chi connectivity index (χ2v) is 8.86. The van der Waals surface area contributed by atoms with E-state index in [4.69, 9.17) is 19.2 Å². The van der Waals surface area contributed by atoms with Crippen LogP contribution in [0.5, 0.6) is 11.5 Å². The van der Waals surface area contributed by atoms with Crippen molar-refractivity contribution in [1.82, 2.24) is 0 Å². The summed E-state index contributed by atoms with van der Waals surface area (Å²) in [5.74, 6) is 0.415. The Bertz CT molecular complexity index is 1160. The highest BCUT2D eigenvalue weighted by Crippen LogP contribution is 2.41. The molecule has 0 saturated carbocycles. The van der Waals surface area contributed by atoms with Crippen LogP contribution in [0.2, 0.25) is 0 Å². The lowest BCUT2D eigenvalue weighted by Gasteiger charge is -2.30. The molecule has 0 spiro atoms. The van der Waals surface area contributed by atoms with Crippen molar-refractivity contribution in [1.29, 1.82) is 0 Å². The quantitative estimate of drug-likeness (QED) is 0.136. The van der Waals surface area contributed by atoms with E-state index >= 15 is 0 Å². The molecule has 0 amide bonds. The molecule has 2 aromatic rings. The summed E-state index contributed by atoms with van der Waals surface area (Å²) in [4.78, 5) is 30.9. The first kappa shape index (κ1) is 27.7. The van der Waals surface area contributed by atoms with Crippen LogP contribution in [0.15, 0.2) is 90.5 Å². The second-order valence-electron chi connectivity index (χ2n) is 8.86. The van der Waals surface area contributed by atoms with Crippen LogP contribution in [0.4, 0.5) is 0 Å². The molecule has 1 aliphatic rings. The van der Waals surface area contributed by atoms with Crippen molar-refractivity contribution in [3.63, 3.8) is 0 Å². The molecule has 0 N–H and O–H groups in total. The number of hydrogen-bond acceptors (Lipinski definition) is 6. The number of ether oxygens (including phenoxy) is 3. The van der Waals surface area contributed by atoms with Crippen LogP contribution in [-0.4, -0.2) is 37.4 Å². The highest BCUT2D eigenvalue weighted by molar-refractivity contribution is 6.11. The van der Waals surface area contributed by atoms with Gasteiger partial charge in [0, 0.05) is 18.8 Å². The molecule has 0 aromatic heterocycles. The fourth-order valence-electron chi connectivity index (χ4n) is 4.56. The normalized spacial score (nSPS) is 18.0. The van der Waals surface area contributed by atoms with Crippen LogP contribution in [0.3, 0.4) is 0 Å². The van der Waals surface area contributed by atoms with Gasteiger partial charge in [-0.2, -0.15) is 0 Å². The zero-order chi connectivity index (χ0) is 26.7. The lowest BCUT2D eigenvalue weighted by Crippen LogP contribution is -2.43. The van der Waals surface area contributed by atoms with Crippen molar-refractivity contribution in [2.45, 2.75) is 44.6 Å². The van der Waals surface area contributed by atoms with E-state index in [1.807, 2.05) is 55.5 Å². The van der Waals surface area contributed by atoms with Gasteiger partial charge in [0.25, 0.3) is 0 Å². The number of benzene rings is 2. The van der Waals surface area contributed by atoms with E-state index in [0.29, 0.717) is 29.9 Å². The summed E-state index contributed by atoms with van der Waals surface area (Å²) in [7, 11) is 3.10. The van der Waals surface area contributed by atoms with E-state index in [9.17, 15) is 9.59 Å². The highest BCUT2D eigenvalue weighted by atomic mass is 16.6. The molecule has 0 fully saturated rings. The summed E-state index contributed by atoms with van der Waals surface area (Å²) >= 11 is 0. The van der Waals surface area contributed by atoms with Crippen molar-refractivity contribution in [2.75, 3.05) is 14.2 Å². The zero-order valence-electron chi connectivity index (χ0n) is 21.8. The Hall–Kier alpha value is -3.93. The van der Waals surface area contributed by atoms with Gasteiger partial charge in [-0.15, -0.1) is 6.58 Å². The van der Waals surface area contributed by atoms with E-state index < -0.39 is 11.5 Å². The standard InChI is InChI=1S/C31H35NO5/c1-5-7-9-17-24(18-12-19-25(33)14-6-2)31(22-23-15-10-8-11-16-23)30(34)37-29(32-31)28-26(35-3)20-13-21-27(28)36-4/h5-6,8,10-16,18,20-21,24H,1,7,9,17,19,22H2,2-4H3/b14-6+,18-12+/t24-,31-/m1/s1. The number of aliphatic imine (C=N–C) groups is 1. The van der Waals surface area contributed by atoms with Crippen molar-refractivity contribution < 1.29 is 23.8 Å².